The van der Waals surface area contributed by atoms with Crippen LogP contribution in [0.1, 0.15) is 36.0 Å². The SMILES string of the molecule is O=C(c1cncc(OC2CCOCC2)c1)N1CCC(Oc2ccc(Cl)cc2)CC1. The zero-order chi connectivity index (χ0) is 20.1. The number of benzene rings is 1. The summed E-state index contributed by atoms with van der Waals surface area (Å²) >= 11 is 5.91. The lowest BCUT2D eigenvalue weighted by Gasteiger charge is -2.32. The van der Waals surface area contributed by atoms with E-state index in [1.807, 2.05) is 29.2 Å². The summed E-state index contributed by atoms with van der Waals surface area (Å²) in [5.74, 6) is 1.44. The Balaban J connectivity index is 1.31. The first kappa shape index (κ1) is 20.0. The van der Waals surface area contributed by atoms with Gasteiger partial charge in [-0.15, -0.1) is 0 Å². The molecule has 2 aromatic rings. The number of carbonyl (C=O) groups excluding carboxylic acids is 1. The minimum Gasteiger partial charge on any atom is -0.490 e. The van der Waals surface area contributed by atoms with E-state index in [2.05, 4.69) is 4.98 Å². The highest BCUT2D eigenvalue weighted by Gasteiger charge is 2.25. The molecule has 6 nitrogen and oxygen atoms in total. The Morgan fingerprint density at radius 3 is 2.34 bits per heavy atom. The normalized spacial score (nSPS) is 18.4. The lowest BCUT2D eigenvalue weighted by molar-refractivity contribution is 0.0253. The molecule has 154 valence electrons. The number of nitrogens with zero attached hydrogens (tertiary/aromatic N) is 2. The molecule has 0 aliphatic carbocycles. The maximum absolute atomic E-state index is 12.9. The molecule has 2 saturated heterocycles. The number of likely N-dealkylation sites (tertiary alicyclic amines) is 1. The molecule has 0 unspecified atom stereocenters. The van der Waals surface area contributed by atoms with E-state index in [-0.39, 0.29) is 18.1 Å². The average molecular weight is 417 g/mol. The van der Waals surface area contributed by atoms with Crippen molar-refractivity contribution in [3.63, 3.8) is 0 Å². The number of carbonyl (C=O) groups is 1. The van der Waals surface area contributed by atoms with E-state index in [0.29, 0.717) is 42.6 Å². The molecule has 0 bridgehead atoms. The van der Waals surface area contributed by atoms with Crippen LogP contribution in [-0.2, 0) is 4.74 Å². The van der Waals surface area contributed by atoms with Gasteiger partial charge in [0, 0.05) is 50.0 Å². The number of aromatic nitrogens is 1. The zero-order valence-corrected chi connectivity index (χ0v) is 17.0. The van der Waals surface area contributed by atoms with Crippen molar-refractivity contribution >= 4 is 17.5 Å². The number of hydrogen-bond acceptors (Lipinski definition) is 5. The van der Waals surface area contributed by atoms with Crippen LogP contribution in [0, 0.1) is 0 Å². The van der Waals surface area contributed by atoms with Gasteiger partial charge in [-0.05, 0) is 30.3 Å². The number of halogens is 1. The molecule has 1 aromatic carbocycles. The van der Waals surface area contributed by atoms with Gasteiger partial charge < -0.3 is 19.1 Å². The molecule has 7 heteroatoms. The average Bonchev–Trinajstić information content (AvgIpc) is 2.76. The first-order chi connectivity index (χ1) is 14.2. The lowest BCUT2D eigenvalue weighted by Crippen LogP contribution is -2.41. The third kappa shape index (κ3) is 5.40. The molecule has 2 aliphatic heterocycles. The van der Waals surface area contributed by atoms with Crippen LogP contribution in [0.3, 0.4) is 0 Å². The van der Waals surface area contributed by atoms with Gasteiger partial charge in [-0.3, -0.25) is 9.78 Å². The van der Waals surface area contributed by atoms with E-state index in [0.717, 1.165) is 31.4 Å². The number of hydrogen-bond donors (Lipinski definition) is 0. The van der Waals surface area contributed by atoms with E-state index in [4.69, 9.17) is 25.8 Å². The monoisotopic (exact) mass is 416 g/mol. The van der Waals surface area contributed by atoms with E-state index in [9.17, 15) is 4.79 Å². The van der Waals surface area contributed by atoms with Crippen LogP contribution in [0.4, 0.5) is 0 Å². The predicted molar refractivity (Wildman–Crippen MR) is 110 cm³/mol. The summed E-state index contributed by atoms with van der Waals surface area (Å²) < 4.78 is 17.3. The van der Waals surface area contributed by atoms with Gasteiger partial charge in [-0.25, -0.2) is 0 Å². The minimum absolute atomic E-state index is 0.0140. The van der Waals surface area contributed by atoms with Crippen molar-refractivity contribution in [3.8, 4) is 11.5 Å². The standard InChI is InChI=1S/C22H25ClN2O4/c23-17-1-3-18(4-2-17)28-19-5-9-25(10-6-19)22(26)16-13-21(15-24-14-16)29-20-7-11-27-12-8-20/h1-4,13-15,19-20H,5-12H2. The molecular formula is C22H25ClN2O4. The maximum atomic E-state index is 12.9. The predicted octanol–water partition coefficient (Wildman–Crippen LogP) is 3.98. The first-order valence-electron chi connectivity index (χ1n) is 10.1. The summed E-state index contributed by atoms with van der Waals surface area (Å²) in [6.45, 7) is 2.73. The van der Waals surface area contributed by atoms with Crippen molar-refractivity contribution in [1.82, 2.24) is 9.88 Å². The highest BCUT2D eigenvalue weighted by atomic mass is 35.5. The van der Waals surface area contributed by atoms with Gasteiger partial charge in [0.25, 0.3) is 5.91 Å². The quantitative estimate of drug-likeness (QED) is 0.737. The van der Waals surface area contributed by atoms with Gasteiger partial charge in [0.1, 0.15) is 23.7 Å². The van der Waals surface area contributed by atoms with Gasteiger partial charge in [0.05, 0.1) is 25.0 Å². The van der Waals surface area contributed by atoms with E-state index >= 15 is 0 Å². The second kappa shape index (κ2) is 9.46. The zero-order valence-electron chi connectivity index (χ0n) is 16.3. The Morgan fingerprint density at radius 1 is 0.966 bits per heavy atom. The molecule has 0 atom stereocenters. The molecule has 3 heterocycles. The Labute approximate surface area is 175 Å². The van der Waals surface area contributed by atoms with Gasteiger partial charge in [0.2, 0.25) is 0 Å². The van der Waals surface area contributed by atoms with Gasteiger partial charge in [0.15, 0.2) is 0 Å². The number of pyridine rings is 1. The molecule has 0 saturated carbocycles. The van der Waals surface area contributed by atoms with Gasteiger partial charge in [-0.1, -0.05) is 11.6 Å². The fourth-order valence-electron chi connectivity index (χ4n) is 3.65. The summed E-state index contributed by atoms with van der Waals surface area (Å²) in [5, 5.41) is 0.689. The van der Waals surface area contributed by atoms with Crippen LogP contribution in [0.5, 0.6) is 11.5 Å². The molecule has 4 rings (SSSR count). The van der Waals surface area contributed by atoms with Crippen molar-refractivity contribution in [1.29, 1.82) is 0 Å². The number of ether oxygens (including phenoxy) is 3. The van der Waals surface area contributed by atoms with Crippen molar-refractivity contribution in [3.05, 3.63) is 53.3 Å². The molecule has 0 N–H and O–H groups in total. The smallest absolute Gasteiger partial charge is 0.255 e. The molecule has 2 fully saturated rings. The van der Waals surface area contributed by atoms with Crippen LogP contribution in [0.2, 0.25) is 5.02 Å². The third-order valence-corrected chi connectivity index (χ3v) is 5.53. The fraction of sp³-hybridized carbons (Fsp3) is 0.455. The highest BCUT2D eigenvalue weighted by Crippen LogP contribution is 2.23. The van der Waals surface area contributed by atoms with Crippen LogP contribution in [0.25, 0.3) is 0 Å². The number of rotatable bonds is 5. The topological polar surface area (TPSA) is 60.9 Å². The van der Waals surface area contributed by atoms with Crippen molar-refractivity contribution in [2.75, 3.05) is 26.3 Å². The molecule has 29 heavy (non-hydrogen) atoms. The summed E-state index contributed by atoms with van der Waals surface area (Å²) in [7, 11) is 0. The Morgan fingerprint density at radius 2 is 1.62 bits per heavy atom. The van der Waals surface area contributed by atoms with Crippen molar-refractivity contribution in [2.24, 2.45) is 0 Å². The van der Waals surface area contributed by atoms with E-state index in [1.165, 1.54) is 0 Å². The number of piperidine rings is 1. The molecular weight excluding hydrogens is 392 g/mol. The first-order valence-corrected chi connectivity index (χ1v) is 10.5. The lowest BCUT2D eigenvalue weighted by atomic mass is 10.1. The summed E-state index contributed by atoms with van der Waals surface area (Å²) in [6, 6.07) is 9.17. The maximum Gasteiger partial charge on any atom is 0.255 e. The summed E-state index contributed by atoms with van der Waals surface area (Å²) in [6.07, 6.45) is 6.80. The second-order valence-electron chi connectivity index (χ2n) is 7.40. The van der Waals surface area contributed by atoms with Gasteiger partial charge >= 0.3 is 0 Å². The van der Waals surface area contributed by atoms with Gasteiger partial charge in [-0.2, -0.15) is 0 Å². The van der Waals surface area contributed by atoms with Crippen molar-refractivity contribution < 1.29 is 19.0 Å². The Hall–Kier alpha value is -2.31. The van der Waals surface area contributed by atoms with Crippen LogP contribution in [-0.4, -0.2) is 54.3 Å². The van der Waals surface area contributed by atoms with Crippen LogP contribution >= 0.6 is 11.6 Å². The van der Waals surface area contributed by atoms with Crippen molar-refractivity contribution in [2.45, 2.75) is 37.9 Å². The fourth-order valence-corrected chi connectivity index (χ4v) is 3.78. The summed E-state index contributed by atoms with van der Waals surface area (Å²) in [5.41, 5.74) is 0.562. The van der Waals surface area contributed by atoms with Crippen LogP contribution in [0.15, 0.2) is 42.7 Å². The van der Waals surface area contributed by atoms with Crippen LogP contribution < -0.4 is 9.47 Å². The molecule has 1 amide bonds. The second-order valence-corrected chi connectivity index (χ2v) is 7.84. The molecule has 2 aliphatic rings. The summed E-state index contributed by atoms with van der Waals surface area (Å²) in [4.78, 5) is 19.0. The molecule has 0 spiro atoms. The largest absolute Gasteiger partial charge is 0.490 e. The molecule has 1 aromatic heterocycles. The molecule has 0 radical (unpaired) electrons. The number of amides is 1. The Bertz CT molecular complexity index is 816. The highest BCUT2D eigenvalue weighted by molar-refractivity contribution is 6.30. The van der Waals surface area contributed by atoms with E-state index in [1.54, 1.807) is 18.5 Å². The van der Waals surface area contributed by atoms with E-state index < -0.39 is 0 Å². The Kier molecular flexibility index (Phi) is 6.52. The third-order valence-electron chi connectivity index (χ3n) is 5.28. The minimum atomic E-state index is -0.0140.